The number of carbonyl (C=O) groups excluding carboxylic acids is 4. The van der Waals surface area contributed by atoms with Crippen LogP contribution in [0.4, 0.5) is 31.0 Å². The molecular formula is C31H29ClFN5O6. The Hall–Kier alpha value is -4.71. The summed E-state index contributed by atoms with van der Waals surface area (Å²) in [5.74, 6) is -1.79. The molecular weight excluding hydrogens is 593 g/mol. The van der Waals surface area contributed by atoms with Crippen molar-refractivity contribution in [2.24, 2.45) is 0 Å². The Morgan fingerprint density at radius 2 is 1.98 bits per heavy atom. The second-order valence-corrected chi connectivity index (χ2v) is 11.4. The molecule has 228 valence electrons. The van der Waals surface area contributed by atoms with E-state index in [1.807, 2.05) is 0 Å². The number of pyridine rings is 1. The van der Waals surface area contributed by atoms with Gasteiger partial charge in [-0.3, -0.25) is 25.2 Å². The Kier molecular flexibility index (Phi) is 7.85. The Morgan fingerprint density at radius 3 is 2.80 bits per heavy atom. The van der Waals surface area contributed by atoms with Crippen LogP contribution in [-0.2, 0) is 24.7 Å². The van der Waals surface area contributed by atoms with E-state index in [9.17, 15) is 19.2 Å². The number of aromatic nitrogens is 1. The fraction of sp³-hybridized carbons (Fsp3) is 0.323. The summed E-state index contributed by atoms with van der Waals surface area (Å²) in [5.41, 5.74) is 1.56. The monoisotopic (exact) mass is 621 g/mol. The molecule has 0 saturated carbocycles. The van der Waals surface area contributed by atoms with Crippen LogP contribution < -0.4 is 16.0 Å². The lowest BCUT2D eigenvalue weighted by Gasteiger charge is -2.36. The maximum absolute atomic E-state index is 15.3. The number of hydrogen-bond donors (Lipinski definition) is 3. The summed E-state index contributed by atoms with van der Waals surface area (Å²) in [6.45, 7) is 0.190. The topological polar surface area (TPSA) is 139 Å². The number of amides is 4. The average Bonchev–Trinajstić information content (AvgIpc) is 3.41. The van der Waals surface area contributed by atoms with Gasteiger partial charge in [0.15, 0.2) is 11.4 Å². The van der Waals surface area contributed by atoms with E-state index in [2.05, 4.69) is 20.7 Å². The lowest BCUT2D eigenvalue weighted by molar-refractivity contribution is -0.133. The van der Waals surface area contributed by atoms with E-state index in [1.165, 1.54) is 19.2 Å². The van der Waals surface area contributed by atoms with Crippen LogP contribution >= 0.6 is 11.6 Å². The minimum absolute atomic E-state index is 0.0408. The molecule has 2 bridgehead atoms. The van der Waals surface area contributed by atoms with E-state index in [0.717, 1.165) is 0 Å². The van der Waals surface area contributed by atoms with E-state index in [0.29, 0.717) is 47.6 Å². The Balaban J connectivity index is 1.33. The van der Waals surface area contributed by atoms with Gasteiger partial charge in [0.05, 0.1) is 52.9 Å². The molecule has 0 radical (unpaired) electrons. The number of carbonyl (C=O) groups is 4. The molecule has 4 heterocycles. The van der Waals surface area contributed by atoms with Crippen molar-refractivity contribution in [3.8, 4) is 11.3 Å². The summed E-state index contributed by atoms with van der Waals surface area (Å²) in [6, 6.07) is 13.3. The third-order valence-corrected chi connectivity index (χ3v) is 8.48. The van der Waals surface area contributed by atoms with E-state index >= 15 is 4.39 Å². The van der Waals surface area contributed by atoms with Crippen LogP contribution in [0.5, 0.6) is 0 Å². The van der Waals surface area contributed by atoms with Gasteiger partial charge in [-0.25, -0.2) is 14.0 Å². The molecule has 3 aliphatic rings. The number of ether oxygens (including phenoxy) is 2. The van der Waals surface area contributed by atoms with Gasteiger partial charge in [0.25, 0.3) is 0 Å². The molecule has 1 saturated heterocycles. The van der Waals surface area contributed by atoms with Crippen molar-refractivity contribution < 1.29 is 33.0 Å². The fourth-order valence-electron chi connectivity index (χ4n) is 6.10. The molecule has 1 spiro atoms. The molecule has 3 aliphatic heterocycles. The van der Waals surface area contributed by atoms with Gasteiger partial charge in [-0.15, -0.1) is 0 Å². The van der Waals surface area contributed by atoms with Crippen molar-refractivity contribution in [3.05, 3.63) is 70.6 Å². The molecule has 0 aliphatic carbocycles. The molecule has 2 atom stereocenters. The normalized spacial score (nSPS) is 21.1. The lowest BCUT2D eigenvalue weighted by atomic mass is 9.89. The van der Waals surface area contributed by atoms with Gasteiger partial charge < -0.3 is 19.7 Å². The summed E-state index contributed by atoms with van der Waals surface area (Å²) < 4.78 is 25.7. The SMILES string of the molecule is COC(=O)Nc1ccc2c(c1)NC(=O)CCCCC(C(=O)N1CC[C@@]3(C1)OC(=O)Nc1ccc(Cl)c(F)c13)c1cccc-2n1. The number of anilines is 3. The van der Waals surface area contributed by atoms with Gasteiger partial charge in [0.2, 0.25) is 11.8 Å². The minimum Gasteiger partial charge on any atom is -0.453 e. The molecule has 1 aromatic heterocycles. The zero-order chi connectivity index (χ0) is 31.0. The van der Waals surface area contributed by atoms with Crippen LogP contribution in [0.1, 0.15) is 49.3 Å². The highest BCUT2D eigenvalue weighted by Gasteiger charge is 2.51. The van der Waals surface area contributed by atoms with Crippen molar-refractivity contribution in [2.45, 2.75) is 43.6 Å². The van der Waals surface area contributed by atoms with E-state index in [1.54, 1.807) is 41.3 Å². The Morgan fingerprint density at radius 1 is 1.14 bits per heavy atom. The first-order chi connectivity index (χ1) is 21.2. The molecule has 13 heteroatoms. The number of nitrogens with zero attached hydrogens (tertiary/aromatic N) is 2. The first kappa shape index (κ1) is 29.4. The number of methoxy groups -OCH3 is 1. The second kappa shape index (κ2) is 11.8. The molecule has 1 unspecified atom stereocenters. The Bertz CT molecular complexity index is 1690. The van der Waals surface area contributed by atoms with Gasteiger partial charge >= 0.3 is 12.2 Å². The molecule has 44 heavy (non-hydrogen) atoms. The number of likely N-dealkylation sites (tertiary alicyclic amines) is 1. The number of nitrogens with one attached hydrogen (secondary N) is 3. The van der Waals surface area contributed by atoms with Gasteiger partial charge in [0.1, 0.15) is 0 Å². The average molecular weight is 622 g/mol. The zero-order valence-corrected chi connectivity index (χ0v) is 24.5. The lowest BCUT2D eigenvalue weighted by Crippen LogP contribution is -2.44. The second-order valence-electron chi connectivity index (χ2n) is 11.0. The van der Waals surface area contributed by atoms with Crippen LogP contribution in [0, 0.1) is 5.82 Å². The van der Waals surface area contributed by atoms with Crippen molar-refractivity contribution in [1.82, 2.24) is 9.88 Å². The molecule has 3 aromatic rings. The number of rotatable bonds is 2. The van der Waals surface area contributed by atoms with Gasteiger partial charge in [-0.1, -0.05) is 24.1 Å². The van der Waals surface area contributed by atoms with Crippen LogP contribution in [0.15, 0.2) is 48.5 Å². The van der Waals surface area contributed by atoms with E-state index < -0.39 is 29.5 Å². The van der Waals surface area contributed by atoms with Crippen molar-refractivity contribution in [2.75, 3.05) is 36.1 Å². The van der Waals surface area contributed by atoms with Gasteiger partial charge in [-0.2, -0.15) is 0 Å². The highest BCUT2D eigenvalue weighted by molar-refractivity contribution is 6.31. The molecule has 2 aromatic carbocycles. The third-order valence-electron chi connectivity index (χ3n) is 8.19. The highest BCUT2D eigenvalue weighted by atomic mass is 35.5. The number of halogens is 2. The van der Waals surface area contributed by atoms with E-state index in [4.69, 9.17) is 21.3 Å². The summed E-state index contributed by atoms with van der Waals surface area (Å²) in [4.78, 5) is 57.6. The third kappa shape index (κ3) is 5.52. The standard InChI is InChI=1S/C31H29ClFN5O6/c1-43-29(41)34-17-9-10-18-21-6-4-7-22(35-21)19(5-2-3-8-25(39)36-24(18)15-17)28(40)38-14-13-31(16-38)26-23(37-30(42)44-31)12-11-20(32)27(26)33/h4,6-7,9-12,15,19H,2-3,5,8,13-14,16H2,1H3,(H,34,41)(H,36,39)(H,37,42)/t19?,31-/m0/s1. The van der Waals surface area contributed by atoms with Crippen molar-refractivity contribution in [3.63, 3.8) is 0 Å². The Labute approximate surface area is 257 Å². The van der Waals surface area contributed by atoms with Crippen LogP contribution in [0.3, 0.4) is 0 Å². The van der Waals surface area contributed by atoms with Crippen LogP contribution in [0.2, 0.25) is 5.02 Å². The molecule has 1 fully saturated rings. The number of benzene rings is 2. The smallest absolute Gasteiger partial charge is 0.412 e. The van der Waals surface area contributed by atoms with Crippen molar-refractivity contribution >= 4 is 52.7 Å². The van der Waals surface area contributed by atoms with E-state index in [-0.39, 0.29) is 54.0 Å². The van der Waals surface area contributed by atoms with Crippen LogP contribution in [0.25, 0.3) is 11.3 Å². The summed E-state index contributed by atoms with van der Waals surface area (Å²) in [6.07, 6.45) is 0.569. The summed E-state index contributed by atoms with van der Waals surface area (Å²) in [5, 5.41) is 7.93. The molecule has 3 N–H and O–H groups in total. The zero-order valence-electron chi connectivity index (χ0n) is 23.7. The summed E-state index contributed by atoms with van der Waals surface area (Å²) >= 11 is 6.09. The highest BCUT2D eigenvalue weighted by Crippen LogP contribution is 2.46. The maximum atomic E-state index is 15.3. The first-order valence-corrected chi connectivity index (χ1v) is 14.6. The molecule has 4 amide bonds. The fourth-order valence-corrected chi connectivity index (χ4v) is 6.26. The quantitative estimate of drug-likeness (QED) is 0.319. The predicted molar refractivity (Wildman–Crippen MR) is 160 cm³/mol. The minimum atomic E-state index is -1.38. The van der Waals surface area contributed by atoms with Crippen molar-refractivity contribution in [1.29, 1.82) is 0 Å². The first-order valence-electron chi connectivity index (χ1n) is 14.2. The number of fused-ring (bicyclic) bond motifs is 6. The molecule has 11 nitrogen and oxygen atoms in total. The largest absolute Gasteiger partial charge is 0.453 e. The summed E-state index contributed by atoms with van der Waals surface area (Å²) in [7, 11) is 1.26. The van der Waals surface area contributed by atoms with Gasteiger partial charge in [-0.05, 0) is 55.3 Å². The maximum Gasteiger partial charge on any atom is 0.412 e. The number of hydrogen-bond acceptors (Lipinski definition) is 7. The van der Waals surface area contributed by atoms with Crippen LogP contribution in [-0.4, -0.2) is 54.1 Å². The molecule has 6 rings (SSSR count). The van der Waals surface area contributed by atoms with Gasteiger partial charge in [0, 0.05) is 30.6 Å². The predicted octanol–water partition coefficient (Wildman–Crippen LogP) is 6.01.